The third-order valence-electron chi connectivity index (χ3n) is 10.7. The molecule has 292 valence electrons. The van der Waals surface area contributed by atoms with Crippen molar-refractivity contribution in [2.45, 2.75) is 66.6 Å². The minimum absolute atomic E-state index is 0.0293. The number of anilines is 3. The molecule has 13 heteroatoms. The maximum absolute atomic E-state index is 13.7. The lowest BCUT2D eigenvalue weighted by Gasteiger charge is -2.31. The minimum atomic E-state index is -0.684. The molecule has 0 radical (unpaired) electrons. The third kappa shape index (κ3) is 6.67. The zero-order valence-electron chi connectivity index (χ0n) is 32.9. The normalized spacial score (nSPS) is 14.0. The molecule has 3 aliphatic heterocycles. The molecule has 0 saturated heterocycles. The average Bonchev–Trinajstić information content (AvgIpc) is 3.71. The topological polar surface area (TPSA) is 164 Å². The molecule has 0 fully saturated rings. The van der Waals surface area contributed by atoms with Gasteiger partial charge >= 0.3 is 0 Å². The second-order valence-electron chi connectivity index (χ2n) is 13.5. The van der Waals surface area contributed by atoms with Crippen molar-refractivity contribution in [1.82, 2.24) is 0 Å². The number of carbonyl (C=O) groups is 6. The van der Waals surface area contributed by atoms with E-state index in [1.54, 1.807) is 60.7 Å². The fourth-order valence-electron chi connectivity index (χ4n) is 8.11. The van der Waals surface area contributed by atoms with Crippen LogP contribution in [-0.4, -0.2) is 56.4 Å². The van der Waals surface area contributed by atoms with Crippen LogP contribution >= 0.6 is 0 Å². The molecule has 13 nitrogen and oxygen atoms in total. The summed E-state index contributed by atoms with van der Waals surface area (Å²) in [5.74, 6) is -2.65. The Morgan fingerprint density at radius 3 is 0.930 bits per heavy atom. The van der Waals surface area contributed by atoms with E-state index in [1.165, 1.54) is 43.0 Å². The second-order valence-corrected chi connectivity index (χ2v) is 13.5. The molecule has 0 bridgehead atoms. The first-order chi connectivity index (χ1) is 27.4. The second kappa shape index (κ2) is 16.1. The molecule has 3 heterocycles. The number of amides is 3. The number of rotatable bonds is 12. The van der Waals surface area contributed by atoms with E-state index in [1.807, 2.05) is 20.8 Å². The molecule has 57 heavy (non-hydrogen) atoms. The van der Waals surface area contributed by atoms with Crippen molar-refractivity contribution in [3.05, 3.63) is 105 Å². The first-order valence-electron chi connectivity index (χ1n) is 18.5. The average molecular weight is 771 g/mol. The number of hydrogen-bond donors (Lipinski definition) is 0. The van der Waals surface area contributed by atoms with Crippen LogP contribution in [0.15, 0.2) is 54.6 Å². The van der Waals surface area contributed by atoms with Gasteiger partial charge in [-0.1, -0.05) is 20.8 Å². The van der Waals surface area contributed by atoms with Crippen LogP contribution in [-0.2, 0) is 53.3 Å². The number of Topliss-reactive ketones (excluding diaryl/α,β-unsaturated/α-hetero) is 3. The first-order valence-corrected chi connectivity index (χ1v) is 18.5. The number of ether oxygens (including phenoxy) is 3. The van der Waals surface area contributed by atoms with E-state index in [2.05, 4.69) is 0 Å². The molecule has 4 aromatic carbocycles. The quantitative estimate of drug-likeness (QED) is 0.153. The van der Waals surface area contributed by atoms with Crippen LogP contribution in [0.2, 0.25) is 0 Å². The number of nitrogens with zero attached hydrogens (tertiary/aromatic N) is 4. The van der Waals surface area contributed by atoms with Crippen LogP contribution in [0.25, 0.3) is 0 Å². The van der Waals surface area contributed by atoms with Gasteiger partial charge in [-0.25, -0.2) is 0 Å². The molecular weight excluding hydrogens is 729 g/mol. The van der Waals surface area contributed by atoms with Crippen LogP contribution in [0.3, 0.4) is 0 Å². The van der Waals surface area contributed by atoms with Crippen LogP contribution in [0.4, 0.5) is 17.1 Å². The van der Waals surface area contributed by atoms with E-state index in [0.29, 0.717) is 53.6 Å². The van der Waals surface area contributed by atoms with E-state index in [9.17, 15) is 28.8 Å². The monoisotopic (exact) mass is 770 g/mol. The highest BCUT2D eigenvalue weighted by molar-refractivity contribution is 6.53. The maximum atomic E-state index is 13.7. The fourth-order valence-corrected chi connectivity index (χ4v) is 8.11. The van der Waals surface area contributed by atoms with E-state index < -0.39 is 35.1 Å². The lowest BCUT2D eigenvalue weighted by Crippen LogP contribution is -2.34. The van der Waals surface area contributed by atoms with Crippen molar-refractivity contribution in [3.63, 3.8) is 0 Å². The van der Waals surface area contributed by atoms with Gasteiger partial charge in [0.1, 0.15) is 17.2 Å². The van der Waals surface area contributed by atoms with Gasteiger partial charge in [-0.05, 0) is 107 Å². The Kier molecular flexibility index (Phi) is 11.3. The highest BCUT2D eigenvalue weighted by Gasteiger charge is 2.41. The Bertz CT molecular complexity index is 2150. The zero-order chi connectivity index (χ0) is 41.3. The van der Waals surface area contributed by atoms with Gasteiger partial charge in [-0.3, -0.25) is 28.8 Å². The van der Waals surface area contributed by atoms with Gasteiger partial charge in [0.05, 0.1) is 80.8 Å². The fraction of sp³-hybridized carbons (Fsp3) is 0.295. The summed E-state index contributed by atoms with van der Waals surface area (Å²) < 4.78 is 16.0. The number of hydrogen-bond acceptors (Lipinski definition) is 10. The van der Waals surface area contributed by atoms with E-state index in [4.69, 9.17) is 19.5 Å². The molecule has 0 saturated carbocycles. The van der Waals surface area contributed by atoms with Gasteiger partial charge in [0.15, 0.2) is 0 Å². The first kappa shape index (κ1) is 39.9. The molecule has 0 unspecified atom stereocenters. The Hall–Kier alpha value is -6.81. The van der Waals surface area contributed by atoms with Crippen LogP contribution in [0, 0.1) is 11.3 Å². The number of nitriles is 1. The van der Waals surface area contributed by atoms with Gasteiger partial charge < -0.3 is 28.9 Å². The van der Waals surface area contributed by atoms with Crippen LogP contribution in [0.1, 0.15) is 92.1 Å². The Morgan fingerprint density at radius 2 is 0.719 bits per heavy atom. The van der Waals surface area contributed by atoms with Crippen molar-refractivity contribution >= 4 is 52.1 Å². The molecule has 4 aromatic rings. The molecule has 0 spiro atoms. The number of methoxy groups -OCH3 is 3. The summed E-state index contributed by atoms with van der Waals surface area (Å²) in [6, 6.07) is 16.6. The molecule has 0 N–H and O–H groups in total. The van der Waals surface area contributed by atoms with E-state index >= 15 is 0 Å². The Morgan fingerprint density at radius 1 is 0.474 bits per heavy atom. The summed E-state index contributed by atoms with van der Waals surface area (Å²) in [4.78, 5) is 85.4. The lowest BCUT2D eigenvalue weighted by atomic mass is 9.82. The smallest absolute Gasteiger partial charge is 0.299 e. The lowest BCUT2D eigenvalue weighted by molar-refractivity contribution is -0.115. The third-order valence-corrected chi connectivity index (χ3v) is 10.7. The van der Waals surface area contributed by atoms with Gasteiger partial charge in [-0.2, -0.15) is 5.26 Å². The highest BCUT2D eigenvalue weighted by atomic mass is 16.5. The largest absolute Gasteiger partial charge is 0.497 e. The number of ketones is 3. The minimum Gasteiger partial charge on any atom is -0.497 e. The summed E-state index contributed by atoms with van der Waals surface area (Å²) in [5, 5.41) is 7.32. The zero-order valence-corrected chi connectivity index (χ0v) is 32.9. The molecular formula is C44H42N4O9. The summed E-state index contributed by atoms with van der Waals surface area (Å²) in [6.45, 7) is 7.47. The molecule has 3 aliphatic rings. The predicted octanol–water partition coefficient (Wildman–Crippen LogP) is 6.12. The highest BCUT2D eigenvalue weighted by Crippen LogP contribution is 2.41. The van der Waals surface area contributed by atoms with Crippen LogP contribution < -0.4 is 28.9 Å². The van der Waals surface area contributed by atoms with E-state index in [-0.39, 0.29) is 36.3 Å². The number of carbonyl (C=O) groups excluding carboxylic acids is 6. The van der Waals surface area contributed by atoms with Crippen molar-refractivity contribution in [3.8, 4) is 23.3 Å². The van der Waals surface area contributed by atoms with Crippen molar-refractivity contribution < 1.29 is 43.0 Å². The summed E-state index contributed by atoms with van der Waals surface area (Å²) >= 11 is 0. The summed E-state index contributed by atoms with van der Waals surface area (Å²) in [6.07, 6.45) is 1.47. The molecule has 0 atom stereocenters. The van der Waals surface area contributed by atoms with E-state index in [0.717, 1.165) is 33.4 Å². The Balaban J connectivity index is 0.00000177. The van der Waals surface area contributed by atoms with Crippen molar-refractivity contribution in [2.75, 3.05) is 36.0 Å². The SMILES string of the molecule is CC#N.CCc1c(CN2C(=O)C(=O)c3cc(OC)ccc32)c(CC)c(CN2C(=O)C(=O)c3cc(OC)ccc32)c(CC)c1CN1C(=O)C(=O)c2cc(OC)ccc21. The standard InChI is InChI=1S/C42H39N3O9.C2H3N/c1-7-25-31(19-43-34-13-10-22(52-4)16-28(34)37(46)40(43)49)26(8-2)33(21-45-36-15-12-24(54-6)18-30(36)39(48)42(45)51)27(9-3)32(25)20-44-35-14-11-23(53-5)17-29(35)38(47)41(44)50;1-2-3/h10-18H,7-9,19-21H2,1-6H3;1H3. The van der Waals surface area contributed by atoms with Crippen molar-refractivity contribution in [2.24, 2.45) is 0 Å². The summed E-state index contributed by atoms with van der Waals surface area (Å²) in [5.41, 5.74) is 6.97. The van der Waals surface area contributed by atoms with Crippen LogP contribution in [0.5, 0.6) is 17.2 Å². The van der Waals surface area contributed by atoms with Gasteiger partial charge in [0.2, 0.25) is 0 Å². The maximum Gasteiger partial charge on any atom is 0.299 e. The predicted molar refractivity (Wildman–Crippen MR) is 211 cm³/mol. The number of fused-ring (bicyclic) bond motifs is 3. The molecule has 7 rings (SSSR count). The molecule has 0 aliphatic carbocycles. The summed E-state index contributed by atoms with van der Waals surface area (Å²) in [7, 11) is 4.46. The number of benzene rings is 4. The molecule has 3 amide bonds. The van der Waals surface area contributed by atoms with Crippen molar-refractivity contribution in [1.29, 1.82) is 5.26 Å². The Labute approximate surface area is 330 Å². The van der Waals surface area contributed by atoms with Gasteiger partial charge in [-0.15, -0.1) is 0 Å². The van der Waals surface area contributed by atoms with Gasteiger partial charge in [0, 0.05) is 6.92 Å². The molecule has 0 aromatic heterocycles. The van der Waals surface area contributed by atoms with Gasteiger partial charge in [0.25, 0.3) is 35.1 Å².